The Morgan fingerprint density at radius 3 is 2.71 bits per heavy atom. The van der Waals surface area contributed by atoms with Crippen LogP contribution < -0.4 is 4.74 Å². The number of ether oxygens (including phenoxy) is 1. The van der Waals surface area contributed by atoms with Gasteiger partial charge in [-0.1, -0.05) is 6.07 Å². The first-order chi connectivity index (χ1) is 8.11. The fourth-order valence-corrected chi connectivity index (χ4v) is 2.41. The zero-order valence-corrected chi connectivity index (χ0v) is 10.7. The van der Waals surface area contributed by atoms with E-state index in [-0.39, 0.29) is 5.78 Å². The molecule has 0 bridgehead atoms. The summed E-state index contributed by atoms with van der Waals surface area (Å²) in [5, 5.41) is 0.742. The second-order valence-corrected chi connectivity index (χ2v) is 4.55. The van der Waals surface area contributed by atoms with Gasteiger partial charge in [-0.05, 0) is 13.0 Å². The molecule has 4 nitrogen and oxygen atoms in total. The molecule has 0 amide bonds. The molecule has 17 heavy (non-hydrogen) atoms. The second kappa shape index (κ2) is 4.63. The number of methoxy groups -OCH3 is 1. The van der Waals surface area contributed by atoms with Crippen molar-refractivity contribution in [3.63, 3.8) is 0 Å². The summed E-state index contributed by atoms with van der Waals surface area (Å²) in [6, 6.07) is 5.48. The van der Waals surface area contributed by atoms with Crippen LogP contribution in [0.2, 0.25) is 0 Å². The maximum Gasteiger partial charge on any atom is 0.213 e. The fourth-order valence-electron chi connectivity index (χ4n) is 1.48. The Kier molecular flexibility index (Phi) is 3.19. The van der Waals surface area contributed by atoms with Crippen molar-refractivity contribution in [2.24, 2.45) is 0 Å². The third kappa shape index (κ3) is 2.34. The monoisotopic (exact) mass is 248 g/mol. The van der Waals surface area contributed by atoms with E-state index in [9.17, 15) is 4.79 Å². The first kappa shape index (κ1) is 11.7. The van der Waals surface area contributed by atoms with Crippen LogP contribution in [0.5, 0.6) is 5.88 Å². The van der Waals surface area contributed by atoms with E-state index in [1.807, 2.05) is 19.1 Å². The summed E-state index contributed by atoms with van der Waals surface area (Å²) < 4.78 is 5.06. The highest BCUT2D eigenvalue weighted by atomic mass is 32.1. The molecular weight excluding hydrogens is 236 g/mol. The first-order valence-electron chi connectivity index (χ1n) is 5.11. The molecule has 0 aliphatic carbocycles. The van der Waals surface area contributed by atoms with Gasteiger partial charge in [0.2, 0.25) is 5.88 Å². The number of pyridine rings is 1. The normalized spacial score (nSPS) is 10.3. The number of ketones is 1. The molecule has 0 fully saturated rings. The van der Waals surface area contributed by atoms with Gasteiger partial charge < -0.3 is 4.74 Å². The molecule has 2 rings (SSSR count). The summed E-state index contributed by atoms with van der Waals surface area (Å²) in [5.74, 6) is 0.578. The number of carbonyl (C=O) groups is 1. The summed E-state index contributed by atoms with van der Waals surface area (Å²) >= 11 is 1.36. The number of nitrogens with zero attached hydrogens (tertiary/aromatic N) is 2. The number of aryl methyl sites for hydroxylation is 1. The van der Waals surface area contributed by atoms with Gasteiger partial charge in [0.05, 0.1) is 17.7 Å². The van der Waals surface area contributed by atoms with Crippen LogP contribution >= 0.6 is 11.3 Å². The summed E-state index contributed by atoms with van der Waals surface area (Å²) in [6.07, 6.45) is 0. The Labute approximate surface area is 103 Å². The van der Waals surface area contributed by atoms with E-state index < -0.39 is 0 Å². The quantitative estimate of drug-likeness (QED) is 0.784. The number of Topliss-reactive ketones (excluding diaryl/α,β-unsaturated/α-hetero) is 1. The van der Waals surface area contributed by atoms with Crippen molar-refractivity contribution in [2.45, 2.75) is 13.8 Å². The lowest BCUT2D eigenvalue weighted by Gasteiger charge is -1.99. The molecule has 0 aliphatic rings. The van der Waals surface area contributed by atoms with E-state index in [1.165, 1.54) is 11.3 Å². The molecule has 0 unspecified atom stereocenters. The van der Waals surface area contributed by atoms with Crippen molar-refractivity contribution in [1.82, 2.24) is 9.97 Å². The van der Waals surface area contributed by atoms with E-state index in [0.717, 1.165) is 16.4 Å². The molecule has 5 heteroatoms. The predicted molar refractivity (Wildman–Crippen MR) is 66.6 cm³/mol. The van der Waals surface area contributed by atoms with Gasteiger partial charge in [-0.25, -0.2) is 9.97 Å². The van der Waals surface area contributed by atoms with Crippen molar-refractivity contribution < 1.29 is 9.53 Å². The van der Waals surface area contributed by atoms with E-state index in [1.54, 1.807) is 20.1 Å². The largest absolute Gasteiger partial charge is 0.481 e. The lowest BCUT2D eigenvalue weighted by molar-refractivity contribution is 0.102. The number of hydrogen-bond donors (Lipinski definition) is 0. The minimum atomic E-state index is 0.0362. The van der Waals surface area contributed by atoms with Crippen LogP contribution in [0.15, 0.2) is 18.2 Å². The summed E-state index contributed by atoms with van der Waals surface area (Å²) in [5.41, 5.74) is 1.48. The van der Waals surface area contributed by atoms with Gasteiger partial charge >= 0.3 is 0 Å². The molecule has 0 saturated heterocycles. The molecule has 0 aromatic carbocycles. The Hall–Kier alpha value is -1.75. The molecule has 88 valence electrons. The van der Waals surface area contributed by atoms with Gasteiger partial charge in [0.15, 0.2) is 5.78 Å². The highest BCUT2D eigenvalue weighted by molar-refractivity contribution is 7.17. The molecule has 2 heterocycles. The van der Waals surface area contributed by atoms with Crippen LogP contribution in [-0.4, -0.2) is 22.9 Å². The zero-order chi connectivity index (χ0) is 12.4. The molecule has 0 atom stereocenters. The highest BCUT2D eigenvalue weighted by Crippen LogP contribution is 2.27. The fraction of sp³-hybridized carbons (Fsp3) is 0.250. The third-order valence-electron chi connectivity index (χ3n) is 2.27. The SMILES string of the molecule is COc1cccc(-c2nc(C)c(C(C)=O)s2)n1. The molecule has 2 aromatic heterocycles. The van der Waals surface area contributed by atoms with Gasteiger partial charge in [0, 0.05) is 13.0 Å². The van der Waals surface area contributed by atoms with Crippen LogP contribution in [0, 0.1) is 6.92 Å². The number of thiazole rings is 1. The number of carbonyl (C=O) groups excluding carboxylic acids is 1. The Morgan fingerprint density at radius 2 is 2.12 bits per heavy atom. The van der Waals surface area contributed by atoms with Crippen LogP contribution in [0.3, 0.4) is 0 Å². The molecular formula is C12H12N2O2S. The zero-order valence-electron chi connectivity index (χ0n) is 9.85. The van der Waals surface area contributed by atoms with Gasteiger partial charge in [0.25, 0.3) is 0 Å². The van der Waals surface area contributed by atoms with Crippen molar-refractivity contribution in [3.8, 4) is 16.6 Å². The van der Waals surface area contributed by atoms with Gasteiger partial charge in [-0.2, -0.15) is 0 Å². The maximum atomic E-state index is 11.4. The number of hydrogen-bond acceptors (Lipinski definition) is 5. The summed E-state index contributed by atoms with van der Waals surface area (Å²) in [4.78, 5) is 20.7. The molecule has 0 spiro atoms. The van der Waals surface area contributed by atoms with Crippen molar-refractivity contribution in [2.75, 3.05) is 7.11 Å². The van der Waals surface area contributed by atoms with Crippen molar-refractivity contribution in [3.05, 3.63) is 28.8 Å². The van der Waals surface area contributed by atoms with E-state index >= 15 is 0 Å². The molecule has 2 aromatic rings. The lowest BCUT2D eigenvalue weighted by Crippen LogP contribution is -1.89. The minimum absolute atomic E-state index is 0.0362. The van der Waals surface area contributed by atoms with Crippen LogP contribution in [0.4, 0.5) is 0 Å². The second-order valence-electron chi connectivity index (χ2n) is 3.55. The molecule has 0 radical (unpaired) electrons. The van der Waals surface area contributed by atoms with Crippen LogP contribution in [-0.2, 0) is 0 Å². The smallest absolute Gasteiger partial charge is 0.213 e. The van der Waals surface area contributed by atoms with Gasteiger partial charge in [0.1, 0.15) is 10.7 Å². The van der Waals surface area contributed by atoms with Crippen LogP contribution in [0.1, 0.15) is 22.3 Å². The Balaban J connectivity index is 2.46. The van der Waals surface area contributed by atoms with E-state index in [2.05, 4.69) is 9.97 Å². The average molecular weight is 248 g/mol. The molecule has 0 aliphatic heterocycles. The predicted octanol–water partition coefficient (Wildman–Crippen LogP) is 2.72. The van der Waals surface area contributed by atoms with Crippen molar-refractivity contribution in [1.29, 1.82) is 0 Å². The van der Waals surface area contributed by atoms with Gasteiger partial charge in [-0.15, -0.1) is 11.3 Å². The third-order valence-corrected chi connectivity index (χ3v) is 3.55. The van der Waals surface area contributed by atoms with E-state index in [4.69, 9.17) is 4.74 Å². The first-order valence-corrected chi connectivity index (χ1v) is 5.93. The standard InChI is InChI=1S/C12H12N2O2S/c1-7-11(8(2)15)17-12(13-7)9-5-4-6-10(14-9)16-3/h4-6H,1-3H3. The minimum Gasteiger partial charge on any atom is -0.481 e. The van der Waals surface area contributed by atoms with Gasteiger partial charge in [-0.3, -0.25) is 4.79 Å². The maximum absolute atomic E-state index is 11.4. The summed E-state index contributed by atoms with van der Waals surface area (Å²) in [7, 11) is 1.57. The van der Waals surface area contributed by atoms with E-state index in [0.29, 0.717) is 10.8 Å². The average Bonchev–Trinajstić information content (AvgIpc) is 2.71. The Bertz CT molecular complexity index is 563. The summed E-state index contributed by atoms with van der Waals surface area (Å²) in [6.45, 7) is 3.38. The van der Waals surface area contributed by atoms with Crippen LogP contribution in [0.25, 0.3) is 10.7 Å². The molecule has 0 N–H and O–H groups in total. The molecule has 0 saturated carbocycles. The lowest BCUT2D eigenvalue weighted by atomic mass is 10.3. The number of aromatic nitrogens is 2. The highest BCUT2D eigenvalue weighted by Gasteiger charge is 2.13. The Morgan fingerprint density at radius 1 is 1.35 bits per heavy atom. The van der Waals surface area contributed by atoms with Crippen molar-refractivity contribution >= 4 is 17.1 Å². The number of rotatable bonds is 3. The topological polar surface area (TPSA) is 52.1 Å².